The van der Waals surface area contributed by atoms with Gasteiger partial charge in [-0.2, -0.15) is 5.26 Å². The molecule has 2 aromatic carbocycles. The molecule has 0 fully saturated rings. The number of amides is 1. The average molecular weight is 352 g/mol. The van der Waals surface area contributed by atoms with E-state index in [1.807, 2.05) is 37.3 Å². The third-order valence-electron chi connectivity index (χ3n) is 3.51. The minimum absolute atomic E-state index is 0.154. The van der Waals surface area contributed by atoms with Crippen LogP contribution in [-0.2, 0) is 20.7 Å². The van der Waals surface area contributed by atoms with E-state index in [-0.39, 0.29) is 13.0 Å². The lowest BCUT2D eigenvalue weighted by Gasteiger charge is -2.10. The molecule has 0 bridgehead atoms. The summed E-state index contributed by atoms with van der Waals surface area (Å²) in [6.07, 6.45) is 0.627. The fourth-order valence-electron chi connectivity index (χ4n) is 2.33. The van der Waals surface area contributed by atoms with Gasteiger partial charge in [0.05, 0.1) is 18.2 Å². The van der Waals surface area contributed by atoms with Crippen LogP contribution in [0.5, 0.6) is 5.75 Å². The van der Waals surface area contributed by atoms with Crippen LogP contribution in [0.15, 0.2) is 48.5 Å². The molecule has 6 nitrogen and oxygen atoms in total. The molecule has 6 heteroatoms. The quantitative estimate of drug-likeness (QED) is 0.738. The maximum absolute atomic E-state index is 11.9. The zero-order valence-electron chi connectivity index (χ0n) is 14.5. The van der Waals surface area contributed by atoms with Crippen molar-refractivity contribution in [2.75, 3.05) is 18.5 Å². The van der Waals surface area contributed by atoms with Crippen molar-refractivity contribution in [2.45, 2.75) is 19.8 Å². The maximum Gasteiger partial charge on any atom is 0.306 e. The second-order valence-corrected chi connectivity index (χ2v) is 5.44. The number of rotatable bonds is 8. The molecule has 0 radical (unpaired) electrons. The minimum Gasteiger partial charge on any atom is -0.494 e. The number of para-hydroxylation sites is 1. The Morgan fingerprint density at radius 3 is 2.73 bits per heavy atom. The van der Waals surface area contributed by atoms with E-state index >= 15 is 0 Å². The number of benzene rings is 2. The maximum atomic E-state index is 11.9. The van der Waals surface area contributed by atoms with Crippen molar-refractivity contribution in [3.8, 4) is 11.8 Å². The molecule has 0 aromatic heterocycles. The Kier molecular flexibility index (Phi) is 7.19. The van der Waals surface area contributed by atoms with Gasteiger partial charge in [0.2, 0.25) is 0 Å². The summed E-state index contributed by atoms with van der Waals surface area (Å²) in [6, 6.07) is 16.0. The predicted molar refractivity (Wildman–Crippen MR) is 96.7 cm³/mol. The molecule has 2 aromatic rings. The van der Waals surface area contributed by atoms with Crippen LogP contribution in [0.1, 0.15) is 24.5 Å². The van der Waals surface area contributed by atoms with Crippen molar-refractivity contribution in [1.29, 1.82) is 5.26 Å². The fraction of sp³-hybridized carbons (Fsp3) is 0.250. The topological polar surface area (TPSA) is 88.4 Å². The molecule has 0 spiro atoms. The van der Waals surface area contributed by atoms with Gasteiger partial charge in [0.15, 0.2) is 6.61 Å². The molecule has 1 amide bonds. The molecule has 0 aliphatic heterocycles. The Morgan fingerprint density at radius 1 is 1.15 bits per heavy atom. The number of carbonyl (C=O) groups is 2. The first kappa shape index (κ1) is 19.0. The number of hydrogen-bond acceptors (Lipinski definition) is 5. The van der Waals surface area contributed by atoms with Gasteiger partial charge in [0.25, 0.3) is 5.91 Å². The normalized spacial score (nSPS) is 9.85. The fourth-order valence-corrected chi connectivity index (χ4v) is 2.33. The van der Waals surface area contributed by atoms with Crippen molar-refractivity contribution >= 4 is 17.6 Å². The van der Waals surface area contributed by atoms with Gasteiger partial charge < -0.3 is 14.8 Å². The van der Waals surface area contributed by atoms with Crippen molar-refractivity contribution in [3.63, 3.8) is 0 Å². The monoisotopic (exact) mass is 352 g/mol. The van der Waals surface area contributed by atoms with Gasteiger partial charge in [-0.3, -0.25) is 9.59 Å². The first-order valence-corrected chi connectivity index (χ1v) is 8.28. The molecule has 0 unspecified atom stereocenters. The van der Waals surface area contributed by atoms with Gasteiger partial charge in [0, 0.05) is 12.1 Å². The summed E-state index contributed by atoms with van der Waals surface area (Å²) in [7, 11) is 0. The number of nitrogens with one attached hydrogen (secondary N) is 1. The summed E-state index contributed by atoms with van der Waals surface area (Å²) in [5, 5.41) is 11.4. The molecule has 134 valence electrons. The predicted octanol–water partition coefficient (Wildman–Crippen LogP) is 3.07. The minimum atomic E-state index is -0.461. The molecule has 0 aliphatic carbocycles. The molecular formula is C20H20N2O4. The molecule has 1 N–H and O–H groups in total. The lowest BCUT2D eigenvalue weighted by molar-refractivity contribution is -0.147. The summed E-state index contributed by atoms with van der Waals surface area (Å²) in [5.74, 6) is -0.168. The van der Waals surface area contributed by atoms with E-state index in [4.69, 9.17) is 14.7 Å². The summed E-state index contributed by atoms with van der Waals surface area (Å²) >= 11 is 0. The number of nitriles is 1. The second-order valence-electron chi connectivity index (χ2n) is 5.44. The number of aryl methyl sites for hydroxylation is 1. The van der Waals surface area contributed by atoms with Gasteiger partial charge in [0.1, 0.15) is 5.75 Å². The smallest absolute Gasteiger partial charge is 0.306 e. The van der Waals surface area contributed by atoms with Crippen LogP contribution in [0.4, 0.5) is 5.69 Å². The summed E-state index contributed by atoms with van der Waals surface area (Å²) in [6.45, 7) is 2.08. The second kappa shape index (κ2) is 9.84. The van der Waals surface area contributed by atoms with Gasteiger partial charge >= 0.3 is 5.97 Å². The van der Waals surface area contributed by atoms with E-state index in [9.17, 15) is 9.59 Å². The lowest BCUT2D eigenvalue weighted by Crippen LogP contribution is -2.21. The SMILES string of the molecule is CCOc1ccccc1CCC(=O)OCC(=O)Nc1cccc(C#N)c1. The number of hydrogen-bond donors (Lipinski definition) is 1. The van der Waals surface area contributed by atoms with Crippen LogP contribution in [-0.4, -0.2) is 25.1 Å². The molecule has 26 heavy (non-hydrogen) atoms. The van der Waals surface area contributed by atoms with Crippen LogP contribution < -0.4 is 10.1 Å². The third-order valence-corrected chi connectivity index (χ3v) is 3.51. The largest absolute Gasteiger partial charge is 0.494 e. The summed E-state index contributed by atoms with van der Waals surface area (Å²) in [5.41, 5.74) is 1.84. The highest BCUT2D eigenvalue weighted by Gasteiger charge is 2.10. The Bertz CT molecular complexity index is 811. The van der Waals surface area contributed by atoms with E-state index in [2.05, 4.69) is 5.32 Å². The van der Waals surface area contributed by atoms with Crippen molar-refractivity contribution in [2.24, 2.45) is 0 Å². The van der Waals surface area contributed by atoms with E-state index in [1.165, 1.54) is 0 Å². The first-order chi connectivity index (χ1) is 12.6. The summed E-state index contributed by atoms with van der Waals surface area (Å²) < 4.78 is 10.5. The molecule has 0 saturated carbocycles. The molecule has 0 aliphatic rings. The zero-order valence-corrected chi connectivity index (χ0v) is 14.5. The average Bonchev–Trinajstić information content (AvgIpc) is 2.66. The number of nitrogens with zero attached hydrogens (tertiary/aromatic N) is 1. The van der Waals surface area contributed by atoms with Crippen molar-refractivity contribution in [3.05, 3.63) is 59.7 Å². The lowest BCUT2D eigenvalue weighted by atomic mass is 10.1. The highest BCUT2D eigenvalue weighted by Crippen LogP contribution is 2.19. The van der Waals surface area contributed by atoms with E-state index in [0.29, 0.717) is 24.3 Å². The van der Waals surface area contributed by atoms with Crippen LogP contribution in [0.2, 0.25) is 0 Å². The Labute approximate surface area is 152 Å². The summed E-state index contributed by atoms with van der Waals surface area (Å²) in [4.78, 5) is 23.7. The van der Waals surface area contributed by atoms with E-state index < -0.39 is 11.9 Å². The molecule has 0 heterocycles. The van der Waals surface area contributed by atoms with Crippen molar-refractivity contribution in [1.82, 2.24) is 0 Å². The highest BCUT2D eigenvalue weighted by molar-refractivity contribution is 5.92. The molecule has 0 saturated heterocycles. The van der Waals surface area contributed by atoms with Gasteiger partial charge in [-0.25, -0.2) is 0 Å². The number of ether oxygens (including phenoxy) is 2. The van der Waals surface area contributed by atoms with Gasteiger partial charge in [-0.1, -0.05) is 24.3 Å². The molecular weight excluding hydrogens is 332 g/mol. The van der Waals surface area contributed by atoms with Crippen LogP contribution in [0.25, 0.3) is 0 Å². The van der Waals surface area contributed by atoms with Gasteiger partial charge in [-0.05, 0) is 43.2 Å². The van der Waals surface area contributed by atoms with E-state index in [1.54, 1.807) is 24.3 Å². The first-order valence-electron chi connectivity index (χ1n) is 8.28. The zero-order chi connectivity index (χ0) is 18.8. The van der Waals surface area contributed by atoms with Gasteiger partial charge in [-0.15, -0.1) is 0 Å². The standard InChI is InChI=1S/C20H20N2O4/c1-2-25-18-9-4-3-7-16(18)10-11-20(24)26-14-19(23)22-17-8-5-6-15(12-17)13-21/h3-9,12H,2,10-11,14H2,1H3,(H,22,23). The van der Waals surface area contributed by atoms with Crippen LogP contribution >= 0.6 is 0 Å². The Morgan fingerprint density at radius 2 is 1.96 bits per heavy atom. The number of esters is 1. The number of carbonyl (C=O) groups excluding carboxylic acids is 2. The highest BCUT2D eigenvalue weighted by atomic mass is 16.5. The third kappa shape index (κ3) is 5.95. The Hall–Kier alpha value is -3.33. The molecule has 0 atom stereocenters. The van der Waals surface area contributed by atoms with Crippen LogP contribution in [0, 0.1) is 11.3 Å². The number of anilines is 1. The molecule has 2 rings (SSSR count). The van der Waals surface area contributed by atoms with Crippen LogP contribution in [0.3, 0.4) is 0 Å². The Balaban J connectivity index is 1.78. The van der Waals surface area contributed by atoms with E-state index in [0.717, 1.165) is 11.3 Å². The van der Waals surface area contributed by atoms with Crippen molar-refractivity contribution < 1.29 is 19.1 Å².